The Morgan fingerprint density at radius 1 is 1.00 bits per heavy atom. The second-order valence-electron chi connectivity index (χ2n) is 7.52. The van der Waals surface area contributed by atoms with E-state index in [1.54, 1.807) is 11.3 Å². The molecular weight excluding hydrogens is 376 g/mol. The van der Waals surface area contributed by atoms with Gasteiger partial charge >= 0.3 is 0 Å². The Morgan fingerprint density at radius 2 is 1.86 bits per heavy atom. The van der Waals surface area contributed by atoms with Crippen molar-refractivity contribution in [1.29, 1.82) is 0 Å². The number of hydrogen-bond donors (Lipinski definition) is 2. The molecule has 0 amide bonds. The SMILES string of the molecule is CN(C)Cc1ccc(-c2cc3nccc(Nc4ccc5[nH]ccc5c4)c3s2)cc1. The van der Waals surface area contributed by atoms with Gasteiger partial charge in [0.05, 0.1) is 15.9 Å². The predicted octanol–water partition coefficient (Wildman–Crippen LogP) is 6.25. The van der Waals surface area contributed by atoms with E-state index >= 15 is 0 Å². The molecule has 5 aromatic rings. The zero-order valence-electron chi connectivity index (χ0n) is 16.4. The molecule has 0 saturated carbocycles. The topological polar surface area (TPSA) is 44.0 Å². The number of benzene rings is 2. The van der Waals surface area contributed by atoms with Crippen molar-refractivity contribution in [3.05, 3.63) is 78.6 Å². The van der Waals surface area contributed by atoms with Gasteiger partial charge in [0.1, 0.15) is 0 Å². The Bertz CT molecular complexity index is 1280. The largest absolute Gasteiger partial charge is 0.361 e. The van der Waals surface area contributed by atoms with E-state index < -0.39 is 0 Å². The molecule has 0 aliphatic carbocycles. The molecule has 0 spiro atoms. The summed E-state index contributed by atoms with van der Waals surface area (Å²) in [6.07, 6.45) is 3.84. The van der Waals surface area contributed by atoms with Crippen molar-refractivity contribution in [1.82, 2.24) is 14.9 Å². The standard InChI is InChI=1S/C24H22N4S/c1-28(2)15-16-3-5-17(6-4-16)23-14-22-24(29-23)21(10-12-26-22)27-19-7-8-20-18(13-19)9-11-25-20/h3-14,25H,15H2,1-2H3,(H,26,27). The zero-order valence-corrected chi connectivity index (χ0v) is 17.3. The number of nitrogens with one attached hydrogen (secondary N) is 2. The molecule has 0 unspecified atom stereocenters. The van der Waals surface area contributed by atoms with Crippen molar-refractivity contribution in [3.63, 3.8) is 0 Å². The summed E-state index contributed by atoms with van der Waals surface area (Å²) in [6, 6.07) is 21.5. The molecule has 4 nitrogen and oxygen atoms in total. The lowest BCUT2D eigenvalue weighted by Gasteiger charge is -2.09. The fourth-order valence-electron chi connectivity index (χ4n) is 3.60. The van der Waals surface area contributed by atoms with Crippen molar-refractivity contribution in [3.8, 4) is 10.4 Å². The molecule has 144 valence electrons. The quantitative estimate of drug-likeness (QED) is 0.368. The maximum atomic E-state index is 4.59. The first-order valence-electron chi connectivity index (χ1n) is 9.62. The minimum Gasteiger partial charge on any atom is -0.361 e. The van der Waals surface area contributed by atoms with Crippen LogP contribution >= 0.6 is 11.3 Å². The molecule has 3 heterocycles. The Labute approximate surface area is 173 Å². The first-order chi connectivity index (χ1) is 14.2. The van der Waals surface area contributed by atoms with Crippen LogP contribution in [0.2, 0.25) is 0 Å². The van der Waals surface area contributed by atoms with Gasteiger partial charge in [-0.3, -0.25) is 4.98 Å². The number of aromatic nitrogens is 2. The fraction of sp³-hybridized carbons (Fsp3) is 0.125. The first-order valence-corrected chi connectivity index (χ1v) is 10.4. The maximum Gasteiger partial charge on any atom is 0.0837 e. The van der Waals surface area contributed by atoms with Gasteiger partial charge in [-0.25, -0.2) is 0 Å². The van der Waals surface area contributed by atoms with Crippen molar-refractivity contribution in [2.24, 2.45) is 0 Å². The molecule has 0 fully saturated rings. The Morgan fingerprint density at radius 3 is 2.69 bits per heavy atom. The maximum absolute atomic E-state index is 4.59. The van der Waals surface area contributed by atoms with E-state index in [9.17, 15) is 0 Å². The molecule has 3 aromatic heterocycles. The van der Waals surface area contributed by atoms with E-state index in [2.05, 4.69) is 88.9 Å². The van der Waals surface area contributed by atoms with E-state index in [4.69, 9.17) is 0 Å². The Balaban J connectivity index is 1.47. The Kier molecular flexibility index (Phi) is 4.54. The highest BCUT2D eigenvalue weighted by Crippen LogP contribution is 2.37. The molecule has 5 rings (SSSR count). The molecule has 0 saturated heterocycles. The third-order valence-electron chi connectivity index (χ3n) is 4.98. The monoisotopic (exact) mass is 398 g/mol. The summed E-state index contributed by atoms with van der Waals surface area (Å²) >= 11 is 1.78. The lowest BCUT2D eigenvalue weighted by molar-refractivity contribution is 0.402. The number of hydrogen-bond acceptors (Lipinski definition) is 4. The van der Waals surface area contributed by atoms with E-state index in [1.807, 2.05) is 18.5 Å². The van der Waals surface area contributed by atoms with Crippen molar-refractivity contribution in [2.45, 2.75) is 6.54 Å². The second-order valence-corrected chi connectivity index (χ2v) is 8.58. The van der Waals surface area contributed by atoms with E-state index in [-0.39, 0.29) is 0 Å². The molecule has 0 aliphatic rings. The van der Waals surface area contributed by atoms with Crippen LogP contribution in [0.1, 0.15) is 5.56 Å². The number of pyridine rings is 1. The summed E-state index contributed by atoms with van der Waals surface area (Å²) in [5, 5.41) is 4.77. The third kappa shape index (κ3) is 3.62. The van der Waals surface area contributed by atoms with E-state index in [1.165, 1.54) is 26.1 Å². The van der Waals surface area contributed by atoms with Gasteiger partial charge in [-0.1, -0.05) is 24.3 Å². The van der Waals surface area contributed by atoms with Crippen LogP contribution in [0.3, 0.4) is 0 Å². The average molecular weight is 399 g/mol. The van der Waals surface area contributed by atoms with Gasteiger partial charge in [-0.05, 0) is 61.6 Å². The smallest absolute Gasteiger partial charge is 0.0837 e. The highest BCUT2D eigenvalue weighted by atomic mass is 32.1. The number of fused-ring (bicyclic) bond motifs is 2. The van der Waals surface area contributed by atoms with Gasteiger partial charge in [0, 0.05) is 40.4 Å². The molecule has 0 bridgehead atoms. The van der Waals surface area contributed by atoms with Crippen LogP contribution in [0.4, 0.5) is 11.4 Å². The summed E-state index contributed by atoms with van der Waals surface area (Å²) in [7, 11) is 4.18. The number of H-pyrrole nitrogens is 1. The molecule has 0 atom stereocenters. The molecule has 0 aliphatic heterocycles. The molecule has 29 heavy (non-hydrogen) atoms. The second kappa shape index (κ2) is 7.35. The summed E-state index contributed by atoms with van der Waals surface area (Å²) < 4.78 is 1.18. The van der Waals surface area contributed by atoms with Crippen LogP contribution < -0.4 is 5.32 Å². The Hall–Kier alpha value is -3.15. The van der Waals surface area contributed by atoms with Crippen LogP contribution in [0.5, 0.6) is 0 Å². The first kappa shape index (κ1) is 17.9. The fourth-order valence-corrected chi connectivity index (χ4v) is 4.69. The lowest BCUT2D eigenvalue weighted by atomic mass is 10.1. The van der Waals surface area contributed by atoms with Crippen LogP contribution in [-0.4, -0.2) is 29.0 Å². The summed E-state index contributed by atoms with van der Waals surface area (Å²) in [5.74, 6) is 0. The number of thiophene rings is 1. The van der Waals surface area contributed by atoms with Crippen LogP contribution in [-0.2, 0) is 6.54 Å². The average Bonchev–Trinajstić information content (AvgIpc) is 3.35. The highest BCUT2D eigenvalue weighted by Gasteiger charge is 2.10. The van der Waals surface area contributed by atoms with Gasteiger partial charge in [-0.15, -0.1) is 11.3 Å². The summed E-state index contributed by atoms with van der Waals surface area (Å²) in [4.78, 5) is 11.2. The van der Waals surface area contributed by atoms with Gasteiger partial charge < -0.3 is 15.2 Å². The number of anilines is 2. The zero-order chi connectivity index (χ0) is 19.8. The van der Waals surface area contributed by atoms with Gasteiger partial charge in [-0.2, -0.15) is 0 Å². The molecular formula is C24H22N4S. The summed E-state index contributed by atoms with van der Waals surface area (Å²) in [5.41, 5.74) is 6.88. The van der Waals surface area contributed by atoms with Crippen molar-refractivity contribution >= 4 is 43.8 Å². The van der Waals surface area contributed by atoms with Crippen LogP contribution in [0.15, 0.2) is 73.1 Å². The predicted molar refractivity (Wildman–Crippen MR) is 124 cm³/mol. The minimum atomic E-state index is 0.952. The normalized spacial score (nSPS) is 11.6. The number of nitrogens with zero attached hydrogens (tertiary/aromatic N) is 2. The lowest BCUT2D eigenvalue weighted by Crippen LogP contribution is -2.10. The number of aromatic amines is 1. The number of rotatable bonds is 5. The van der Waals surface area contributed by atoms with Gasteiger partial charge in [0.25, 0.3) is 0 Å². The molecule has 2 N–H and O–H groups in total. The van der Waals surface area contributed by atoms with Crippen molar-refractivity contribution < 1.29 is 0 Å². The van der Waals surface area contributed by atoms with Crippen molar-refractivity contribution in [2.75, 3.05) is 19.4 Å². The van der Waals surface area contributed by atoms with E-state index in [0.29, 0.717) is 0 Å². The summed E-state index contributed by atoms with van der Waals surface area (Å²) in [6.45, 7) is 0.952. The molecule has 5 heteroatoms. The minimum absolute atomic E-state index is 0.952. The molecule has 0 radical (unpaired) electrons. The third-order valence-corrected chi connectivity index (χ3v) is 6.19. The van der Waals surface area contributed by atoms with Crippen LogP contribution in [0, 0.1) is 0 Å². The molecule has 2 aromatic carbocycles. The van der Waals surface area contributed by atoms with Crippen LogP contribution in [0.25, 0.3) is 31.6 Å². The highest BCUT2D eigenvalue weighted by molar-refractivity contribution is 7.22. The van der Waals surface area contributed by atoms with Gasteiger partial charge in [0.15, 0.2) is 0 Å². The van der Waals surface area contributed by atoms with E-state index in [0.717, 1.165) is 29.0 Å². The van der Waals surface area contributed by atoms with Gasteiger partial charge in [0.2, 0.25) is 0 Å².